The van der Waals surface area contributed by atoms with Crippen molar-refractivity contribution in [1.82, 2.24) is 15.5 Å². The summed E-state index contributed by atoms with van der Waals surface area (Å²) in [6.45, 7) is 3.94. The fourth-order valence-corrected chi connectivity index (χ4v) is 2.79. The van der Waals surface area contributed by atoms with Gasteiger partial charge in [0.25, 0.3) is 0 Å². The van der Waals surface area contributed by atoms with E-state index in [0.29, 0.717) is 31.2 Å². The minimum atomic E-state index is -4.35. The molecule has 150 valence electrons. The van der Waals surface area contributed by atoms with Crippen LogP contribution >= 0.6 is 0 Å². The summed E-state index contributed by atoms with van der Waals surface area (Å²) in [5, 5.41) is 6.35. The number of hydrogen-bond donors (Lipinski definition) is 2. The number of nitrogens with one attached hydrogen (secondary N) is 2. The third-order valence-corrected chi connectivity index (χ3v) is 4.25. The van der Waals surface area contributed by atoms with E-state index in [9.17, 15) is 18.0 Å². The van der Waals surface area contributed by atoms with Crippen LogP contribution in [0.2, 0.25) is 0 Å². The highest BCUT2D eigenvalue weighted by atomic mass is 19.4. The molecule has 1 aromatic carbocycles. The standard InChI is InChI=1S/C18H25F3N4O2/c1-3-16(26)25-10-8-14(12-25)24-17(22-2)23-9-11-27-15-6-4-13(5-7-15)18(19,20)21/h4-7,14H,3,8-12H2,1-2H3,(H2,22,23,24). The lowest BCUT2D eigenvalue weighted by Crippen LogP contribution is -2.46. The highest BCUT2D eigenvalue weighted by molar-refractivity contribution is 5.80. The van der Waals surface area contributed by atoms with Crippen LogP contribution in [0, 0.1) is 0 Å². The molecule has 0 aromatic heterocycles. The molecule has 1 aromatic rings. The molecular weight excluding hydrogens is 361 g/mol. The molecule has 2 N–H and O–H groups in total. The molecule has 1 unspecified atom stereocenters. The number of guanidine groups is 1. The monoisotopic (exact) mass is 386 g/mol. The number of nitrogens with zero attached hydrogens (tertiary/aromatic N) is 2. The van der Waals surface area contributed by atoms with E-state index >= 15 is 0 Å². The number of carbonyl (C=O) groups is 1. The summed E-state index contributed by atoms with van der Waals surface area (Å²) in [6, 6.07) is 4.73. The van der Waals surface area contributed by atoms with Gasteiger partial charge in [0.1, 0.15) is 12.4 Å². The van der Waals surface area contributed by atoms with Crippen molar-refractivity contribution in [3.05, 3.63) is 29.8 Å². The van der Waals surface area contributed by atoms with Gasteiger partial charge in [-0.1, -0.05) is 6.92 Å². The minimum absolute atomic E-state index is 0.141. The van der Waals surface area contributed by atoms with Crippen LogP contribution in [-0.4, -0.2) is 56.1 Å². The van der Waals surface area contributed by atoms with Gasteiger partial charge in [-0.25, -0.2) is 0 Å². The Morgan fingerprint density at radius 2 is 2.04 bits per heavy atom. The Morgan fingerprint density at radius 1 is 1.33 bits per heavy atom. The number of alkyl halides is 3. The number of rotatable bonds is 6. The summed E-state index contributed by atoms with van der Waals surface area (Å²) in [4.78, 5) is 17.7. The first-order valence-electron chi connectivity index (χ1n) is 8.88. The topological polar surface area (TPSA) is 66.0 Å². The fraction of sp³-hybridized carbons (Fsp3) is 0.556. The van der Waals surface area contributed by atoms with E-state index in [4.69, 9.17) is 4.74 Å². The number of hydrogen-bond acceptors (Lipinski definition) is 3. The summed E-state index contributed by atoms with van der Waals surface area (Å²) in [5.41, 5.74) is -0.704. The maximum Gasteiger partial charge on any atom is 0.416 e. The number of ether oxygens (including phenoxy) is 1. The van der Waals surface area contributed by atoms with E-state index in [1.165, 1.54) is 12.1 Å². The zero-order chi connectivity index (χ0) is 19.9. The van der Waals surface area contributed by atoms with Crippen LogP contribution < -0.4 is 15.4 Å². The molecule has 0 radical (unpaired) electrons. The number of benzene rings is 1. The van der Waals surface area contributed by atoms with Gasteiger partial charge in [0.15, 0.2) is 5.96 Å². The first kappa shape index (κ1) is 20.9. The zero-order valence-corrected chi connectivity index (χ0v) is 15.5. The molecule has 9 heteroatoms. The van der Waals surface area contributed by atoms with Crippen LogP contribution in [0.15, 0.2) is 29.3 Å². The van der Waals surface area contributed by atoms with Crippen LogP contribution in [0.1, 0.15) is 25.3 Å². The average Bonchev–Trinajstić information content (AvgIpc) is 3.11. The Labute approximate surface area is 156 Å². The molecule has 1 atom stereocenters. The molecule has 0 saturated carbocycles. The predicted octanol–water partition coefficient (Wildman–Crippen LogP) is 2.26. The van der Waals surface area contributed by atoms with Crippen molar-refractivity contribution in [2.24, 2.45) is 4.99 Å². The molecule has 27 heavy (non-hydrogen) atoms. The third-order valence-electron chi connectivity index (χ3n) is 4.25. The number of likely N-dealkylation sites (tertiary alicyclic amines) is 1. The van der Waals surface area contributed by atoms with Gasteiger partial charge in [0.2, 0.25) is 5.91 Å². The van der Waals surface area contributed by atoms with Gasteiger partial charge >= 0.3 is 6.18 Å². The fourth-order valence-electron chi connectivity index (χ4n) is 2.79. The second kappa shape index (κ2) is 9.48. The lowest BCUT2D eigenvalue weighted by Gasteiger charge is -2.18. The normalized spacial score (nSPS) is 17.7. The first-order chi connectivity index (χ1) is 12.8. The molecule has 0 spiro atoms. The molecule has 1 aliphatic heterocycles. The Bertz CT molecular complexity index is 647. The maximum absolute atomic E-state index is 12.5. The van der Waals surface area contributed by atoms with E-state index in [-0.39, 0.29) is 18.6 Å². The van der Waals surface area contributed by atoms with Gasteiger partial charge in [-0.2, -0.15) is 13.2 Å². The quantitative estimate of drug-likeness (QED) is 0.447. The second-order valence-electron chi connectivity index (χ2n) is 6.19. The van der Waals surface area contributed by atoms with Crippen LogP contribution in [0.5, 0.6) is 5.75 Å². The molecule has 1 saturated heterocycles. The molecule has 0 aliphatic carbocycles. The molecule has 1 aliphatic rings. The Morgan fingerprint density at radius 3 is 2.63 bits per heavy atom. The van der Waals surface area contributed by atoms with Crippen LogP contribution in [-0.2, 0) is 11.0 Å². The Hall–Kier alpha value is -2.45. The summed E-state index contributed by atoms with van der Waals surface area (Å²) < 4.78 is 43.0. The second-order valence-corrected chi connectivity index (χ2v) is 6.19. The van der Waals surface area contributed by atoms with Crippen molar-refractivity contribution in [3.8, 4) is 5.75 Å². The van der Waals surface area contributed by atoms with Crippen LogP contribution in [0.4, 0.5) is 13.2 Å². The molecular formula is C18H25F3N4O2. The number of carbonyl (C=O) groups excluding carboxylic acids is 1. The molecule has 6 nitrogen and oxygen atoms in total. The molecule has 1 heterocycles. The summed E-state index contributed by atoms with van der Waals surface area (Å²) in [5.74, 6) is 1.12. The van der Waals surface area contributed by atoms with Crippen molar-refractivity contribution in [1.29, 1.82) is 0 Å². The van der Waals surface area contributed by atoms with Gasteiger partial charge in [-0.15, -0.1) is 0 Å². The van der Waals surface area contributed by atoms with Gasteiger partial charge in [0, 0.05) is 32.6 Å². The highest BCUT2D eigenvalue weighted by Crippen LogP contribution is 2.30. The first-order valence-corrected chi connectivity index (χ1v) is 8.88. The van der Waals surface area contributed by atoms with Gasteiger partial charge in [-0.05, 0) is 30.7 Å². The van der Waals surface area contributed by atoms with Gasteiger partial charge in [-0.3, -0.25) is 9.79 Å². The predicted molar refractivity (Wildman–Crippen MR) is 96.7 cm³/mol. The van der Waals surface area contributed by atoms with Gasteiger partial charge < -0.3 is 20.3 Å². The Kier molecular flexibility index (Phi) is 7.32. The molecule has 1 amide bonds. The highest BCUT2D eigenvalue weighted by Gasteiger charge is 2.30. The van der Waals surface area contributed by atoms with E-state index < -0.39 is 11.7 Å². The van der Waals surface area contributed by atoms with Crippen molar-refractivity contribution in [2.75, 3.05) is 33.3 Å². The van der Waals surface area contributed by atoms with Crippen LogP contribution in [0.25, 0.3) is 0 Å². The summed E-state index contributed by atoms with van der Waals surface area (Å²) in [7, 11) is 1.65. The smallest absolute Gasteiger partial charge is 0.416 e. The lowest BCUT2D eigenvalue weighted by molar-refractivity contribution is -0.137. The summed E-state index contributed by atoms with van der Waals surface area (Å²) >= 11 is 0. The number of aliphatic imine (C=N–C) groups is 1. The van der Waals surface area contributed by atoms with Crippen molar-refractivity contribution < 1.29 is 22.7 Å². The largest absolute Gasteiger partial charge is 0.492 e. The average molecular weight is 386 g/mol. The van der Waals surface area contributed by atoms with E-state index in [0.717, 1.165) is 25.1 Å². The minimum Gasteiger partial charge on any atom is -0.492 e. The van der Waals surface area contributed by atoms with E-state index in [1.807, 2.05) is 11.8 Å². The van der Waals surface area contributed by atoms with Crippen molar-refractivity contribution >= 4 is 11.9 Å². The van der Waals surface area contributed by atoms with Crippen molar-refractivity contribution in [2.45, 2.75) is 32.0 Å². The molecule has 2 rings (SSSR count). The SMILES string of the molecule is CCC(=O)N1CCC(NC(=NC)NCCOc2ccc(C(F)(F)F)cc2)C1. The maximum atomic E-state index is 12.5. The molecule has 0 bridgehead atoms. The molecule has 1 fully saturated rings. The van der Waals surface area contributed by atoms with Crippen molar-refractivity contribution in [3.63, 3.8) is 0 Å². The van der Waals surface area contributed by atoms with E-state index in [2.05, 4.69) is 15.6 Å². The third kappa shape index (κ3) is 6.33. The Balaban J connectivity index is 1.70. The van der Waals surface area contributed by atoms with Gasteiger partial charge in [0.05, 0.1) is 12.1 Å². The van der Waals surface area contributed by atoms with Crippen LogP contribution in [0.3, 0.4) is 0 Å². The van der Waals surface area contributed by atoms with E-state index in [1.54, 1.807) is 7.05 Å². The summed E-state index contributed by atoms with van der Waals surface area (Å²) in [6.07, 6.45) is -2.99. The number of halogens is 3. The zero-order valence-electron chi connectivity index (χ0n) is 15.5. The lowest BCUT2D eigenvalue weighted by atomic mass is 10.2. The number of amides is 1.